The van der Waals surface area contributed by atoms with Gasteiger partial charge in [-0.1, -0.05) is 15.9 Å². The van der Waals surface area contributed by atoms with Crippen molar-refractivity contribution in [2.75, 3.05) is 0 Å². The Hall–Kier alpha value is -1.15. The molecule has 1 aromatic rings. The molecule has 0 radical (unpaired) electrons. The zero-order valence-electron chi connectivity index (χ0n) is 11.8. The van der Waals surface area contributed by atoms with Crippen molar-refractivity contribution < 1.29 is 31.8 Å². The highest BCUT2D eigenvalue weighted by atomic mass is 79.9. The summed E-state index contributed by atoms with van der Waals surface area (Å²) in [7, 11) is 0. The van der Waals surface area contributed by atoms with Gasteiger partial charge in [-0.15, -0.1) is 0 Å². The zero-order valence-corrected chi connectivity index (χ0v) is 13.4. The maximum atomic E-state index is 13.7. The van der Waals surface area contributed by atoms with Crippen molar-refractivity contribution in [3.63, 3.8) is 0 Å². The van der Waals surface area contributed by atoms with Crippen LogP contribution < -0.4 is 0 Å². The molecule has 4 atom stereocenters. The Kier molecular flexibility index (Phi) is 4.64. The number of hydrogen-bond donors (Lipinski definition) is 0. The smallest absolute Gasteiger partial charge is 0.341 e. The summed E-state index contributed by atoms with van der Waals surface area (Å²) < 4.78 is 64.0. The molecule has 2 aliphatic rings. The molecule has 0 unspecified atom stereocenters. The third-order valence-corrected chi connectivity index (χ3v) is 5.26. The molecule has 0 amide bonds. The quantitative estimate of drug-likeness (QED) is 0.250. The lowest BCUT2D eigenvalue weighted by molar-refractivity contribution is -0.0391. The normalized spacial score (nSPS) is 30.1. The lowest BCUT2D eigenvalue weighted by Crippen LogP contribution is -2.30. The second-order valence-electron chi connectivity index (χ2n) is 5.68. The minimum Gasteiger partial charge on any atom is -0.456 e. The number of halogens is 5. The second kappa shape index (κ2) is 6.39. The summed E-state index contributed by atoms with van der Waals surface area (Å²) in [6.07, 6.45) is 1.73. The molecular weight excluding hydrogens is 384 g/mol. The topological polar surface area (TPSA) is 35.5 Å². The standard InChI is InChI=1S/C15H13BrF4O3/c16-7-1-2-11(10-4-3-9(7)22-10)23-15(21)6-5-8(17)13(19)14(20)12(6)18/h5,7,9-11H,1-4H2/t7-,9-,10+,11+/m0/s1. The van der Waals surface area contributed by atoms with Crippen LogP contribution in [0.25, 0.3) is 0 Å². The van der Waals surface area contributed by atoms with Crippen LogP contribution in [0.4, 0.5) is 17.6 Å². The van der Waals surface area contributed by atoms with Crippen molar-refractivity contribution in [1.29, 1.82) is 0 Å². The molecule has 2 fully saturated rings. The van der Waals surface area contributed by atoms with Crippen LogP contribution in [0.5, 0.6) is 0 Å². The molecule has 0 aromatic heterocycles. The molecule has 23 heavy (non-hydrogen) atoms. The predicted molar refractivity (Wildman–Crippen MR) is 75.3 cm³/mol. The first-order chi connectivity index (χ1) is 10.9. The predicted octanol–water partition coefficient (Wildman–Crippen LogP) is 3.87. The van der Waals surface area contributed by atoms with Crippen LogP contribution in [0.15, 0.2) is 6.07 Å². The minimum atomic E-state index is -2.03. The first-order valence-corrected chi connectivity index (χ1v) is 8.13. The van der Waals surface area contributed by atoms with Gasteiger partial charge in [0.05, 0.1) is 12.2 Å². The van der Waals surface area contributed by atoms with Gasteiger partial charge in [-0.3, -0.25) is 0 Å². The number of benzene rings is 1. The molecule has 0 saturated carbocycles. The number of rotatable bonds is 2. The maximum Gasteiger partial charge on any atom is 0.341 e. The fraction of sp³-hybridized carbons (Fsp3) is 0.533. The van der Waals surface area contributed by atoms with E-state index in [9.17, 15) is 22.4 Å². The maximum absolute atomic E-state index is 13.7. The summed E-state index contributed by atoms with van der Waals surface area (Å²) in [6, 6.07) is 0.304. The molecular formula is C15H13BrF4O3. The van der Waals surface area contributed by atoms with Crippen molar-refractivity contribution >= 4 is 21.9 Å². The molecule has 3 nitrogen and oxygen atoms in total. The van der Waals surface area contributed by atoms with E-state index in [2.05, 4.69) is 15.9 Å². The van der Waals surface area contributed by atoms with Crippen molar-refractivity contribution in [1.82, 2.24) is 0 Å². The van der Waals surface area contributed by atoms with Crippen molar-refractivity contribution in [2.45, 2.75) is 48.8 Å². The number of alkyl halides is 1. The van der Waals surface area contributed by atoms with Gasteiger partial charge in [-0.05, 0) is 31.7 Å². The van der Waals surface area contributed by atoms with E-state index in [4.69, 9.17) is 9.47 Å². The molecule has 2 saturated heterocycles. The number of carbonyl (C=O) groups excluding carboxylic acids is 1. The molecule has 0 N–H and O–H groups in total. The third-order valence-electron chi connectivity index (χ3n) is 4.21. The number of hydrogen-bond acceptors (Lipinski definition) is 3. The highest BCUT2D eigenvalue weighted by Gasteiger charge is 2.40. The molecule has 1 aromatic carbocycles. The SMILES string of the molecule is O=C(O[C@@H]1CC[C@H](Br)[C@@H]2CC[C@H]1O2)c1cc(F)c(F)c(F)c1F. The van der Waals surface area contributed by atoms with Crippen molar-refractivity contribution in [2.24, 2.45) is 0 Å². The van der Waals surface area contributed by atoms with Crippen LogP contribution in [-0.2, 0) is 9.47 Å². The molecule has 0 aliphatic carbocycles. The van der Waals surface area contributed by atoms with Crippen LogP contribution in [0, 0.1) is 23.3 Å². The number of esters is 1. The van der Waals surface area contributed by atoms with Gasteiger partial charge in [0.2, 0.25) is 0 Å². The van der Waals surface area contributed by atoms with Crippen molar-refractivity contribution in [3.05, 3.63) is 34.9 Å². The zero-order chi connectivity index (χ0) is 16.7. The van der Waals surface area contributed by atoms with E-state index in [1.807, 2.05) is 0 Å². The van der Waals surface area contributed by atoms with E-state index >= 15 is 0 Å². The summed E-state index contributed by atoms with van der Waals surface area (Å²) >= 11 is 3.50. The van der Waals surface area contributed by atoms with Gasteiger partial charge >= 0.3 is 5.97 Å². The van der Waals surface area contributed by atoms with E-state index in [0.29, 0.717) is 25.3 Å². The molecule has 3 rings (SSSR count). The molecule has 2 aliphatic heterocycles. The number of carbonyl (C=O) groups is 1. The van der Waals surface area contributed by atoms with Crippen LogP contribution in [-0.4, -0.2) is 29.1 Å². The average molecular weight is 397 g/mol. The Labute approximate surface area is 138 Å². The third kappa shape index (κ3) is 3.10. The minimum absolute atomic E-state index is 0.0288. The second-order valence-corrected chi connectivity index (χ2v) is 6.85. The monoisotopic (exact) mass is 396 g/mol. The van der Waals surface area contributed by atoms with E-state index in [1.54, 1.807) is 0 Å². The highest BCUT2D eigenvalue weighted by Crippen LogP contribution is 2.36. The average Bonchev–Trinajstić information content (AvgIpc) is 2.96. The summed E-state index contributed by atoms with van der Waals surface area (Å²) in [5.74, 6) is -8.63. The van der Waals surface area contributed by atoms with Crippen molar-refractivity contribution in [3.8, 4) is 0 Å². The summed E-state index contributed by atoms with van der Waals surface area (Å²) in [6.45, 7) is 0. The van der Waals surface area contributed by atoms with Gasteiger partial charge in [0, 0.05) is 4.83 Å². The first-order valence-electron chi connectivity index (χ1n) is 7.22. The number of ether oxygens (including phenoxy) is 2. The number of fused-ring (bicyclic) bond motifs is 2. The molecule has 126 valence electrons. The van der Waals surface area contributed by atoms with Crippen LogP contribution in [0.2, 0.25) is 0 Å². The van der Waals surface area contributed by atoms with Crippen LogP contribution in [0.1, 0.15) is 36.0 Å². The Bertz CT molecular complexity index is 640. The lowest BCUT2D eigenvalue weighted by atomic mass is 9.98. The Morgan fingerprint density at radius 1 is 1.04 bits per heavy atom. The van der Waals surface area contributed by atoms with Gasteiger partial charge in [-0.2, -0.15) is 0 Å². The first kappa shape index (κ1) is 16.7. The van der Waals surface area contributed by atoms with Gasteiger partial charge in [0.25, 0.3) is 0 Å². The highest BCUT2D eigenvalue weighted by molar-refractivity contribution is 9.09. The largest absolute Gasteiger partial charge is 0.456 e. The van der Waals surface area contributed by atoms with E-state index < -0.39 is 40.9 Å². The summed E-state index contributed by atoms with van der Waals surface area (Å²) in [5.41, 5.74) is -0.962. The summed E-state index contributed by atoms with van der Waals surface area (Å²) in [4.78, 5) is 12.2. The molecule has 8 heteroatoms. The Balaban J connectivity index is 1.79. The van der Waals surface area contributed by atoms with E-state index in [0.717, 1.165) is 6.42 Å². The van der Waals surface area contributed by atoms with Crippen LogP contribution >= 0.6 is 15.9 Å². The Morgan fingerprint density at radius 3 is 2.48 bits per heavy atom. The van der Waals surface area contributed by atoms with E-state index in [-0.39, 0.29) is 17.0 Å². The van der Waals surface area contributed by atoms with Gasteiger partial charge in [-0.25, -0.2) is 22.4 Å². The fourth-order valence-electron chi connectivity index (χ4n) is 2.98. The van der Waals surface area contributed by atoms with Gasteiger partial charge < -0.3 is 9.47 Å². The van der Waals surface area contributed by atoms with E-state index in [1.165, 1.54) is 0 Å². The Morgan fingerprint density at radius 2 is 1.74 bits per heavy atom. The molecule has 0 spiro atoms. The summed E-state index contributed by atoms with van der Waals surface area (Å²) in [5, 5.41) is 0. The fourth-order valence-corrected chi connectivity index (χ4v) is 3.63. The lowest BCUT2D eigenvalue weighted by Gasteiger charge is -2.22. The molecule has 2 bridgehead atoms. The van der Waals surface area contributed by atoms with Gasteiger partial charge in [0.1, 0.15) is 11.7 Å². The molecule has 2 heterocycles. The van der Waals surface area contributed by atoms with Crippen LogP contribution in [0.3, 0.4) is 0 Å². The van der Waals surface area contributed by atoms with Gasteiger partial charge in [0.15, 0.2) is 23.3 Å².